The molecule has 0 aliphatic carbocycles. The lowest BCUT2D eigenvalue weighted by Gasteiger charge is -2.05. The molecule has 0 aliphatic heterocycles. The van der Waals surface area contributed by atoms with Gasteiger partial charge < -0.3 is 10.8 Å². The third-order valence-electron chi connectivity index (χ3n) is 1.60. The van der Waals surface area contributed by atoms with Crippen molar-refractivity contribution in [3.63, 3.8) is 0 Å². The lowest BCUT2D eigenvalue weighted by molar-refractivity contribution is 0.0700. The van der Waals surface area contributed by atoms with Crippen molar-refractivity contribution in [3.05, 3.63) is 21.9 Å². The van der Waals surface area contributed by atoms with Crippen LogP contribution < -0.4 is 5.73 Å². The molecule has 0 amide bonds. The summed E-state index contributed by atoms with van der Waals surface area (Å²) in [4.78, 5) is 10.9. The van der Waals surface area contributed by atoms with Gasteiger partial charge in [0, 0.05) is 6.04 Å². The molecular weight excluding hydrogens is 188 g/mol. The monoisotopic (exact) mass is 196 g/mol. The number of hydrogen-bond donors (Lipinski definition) is 2. The van der Waals surface area contributed by atoms with Crippen LogP contribution in [0.4, 0.5) is 0 Å². The fourth-order valence-electron chi connectivity index (χ4n) is 0.993. The molecule has 1 atom stereocenters. The first-order valence-electron chi connectivity index (χ1n) is 3.60. The van der Waals surface area contributed by atoms with Crippen molar-refractivity contribution in [1.29, 1.82) is 5.26 Å². The Bertz CT molecular complexity index is 353. The molecular formula is C8H8N2O2S. The summed E-state index contributed by atoms with van der Waals surface area (Å²) in [7, 11) is 0. The number of carboxylic acid groups (broad SMARTS) is 1. The van der Waals surface area contributed by atoms with Crippen LogP contribution in [-0.4, -0.2) is 11.1 Å². The van der Waals surface area contributed by atoms with Gasteiger partial charge in [-0.15, -0.1) is 11.3 Å². The third-order valence-corrected chi connectivity index (χ3v) is 2.52. The molecule has 1 unspecified atom stereocenters. The molecule has 0 bridgehead atoms. The molecule has 0 saturated heterocycles. The zero-order valence-electron chi connectivity index (χ0n) is 6.73. The van der Waals surface area contributed by atoms with Gasteiger partial charge >= 0.3 is 5.97 Å². The highest BCUT2D eigenvalue weighted by atomic mass is 32.1. The summed E-state index contributed by atoms with van der Waals surface area (Å²) in [5.41, 5.74) is 6.15. The number of carbonyl (C=O) groups is 1. The van der Waals surface area contributed by atoms with Gasteiger partial charge in [0.15, 0.2) is 0 Å². The van der Waals surface area contributed by atoms with Crippen LogP contribution in [0.25, 0.3) is 0 Å². The van der Waals surface area contributed by atoms with Gasteiger partial charge in [-0.05, 0) is 17.0 Å². The Kier molecular flexibility index (Phi) is 3.01. The number of nitrogens with zero attached hydrogens (tertiary/aromatic N) is 1. The van der Waals surface area contributed by atoms with E-state index in [1.54, 1.807) is 11.4 Å². The lowest BCUT2D eigenvalue weighted by Crippen LogP contribution is -2.11. The number of hydrogen-bond acceptors (Lipinski definition) is 4. The second-order valence-corrected chi connectivity index (χ2v) is 3.40. The van der Waals surface area contributed by atoms with E-state index in [0.29, 0.717) is 5.56 Å². The first-order valence-corrected chi connectivity index (χ1v) is 4.48. The molecule has 3 N–H and O–H groups in total. The number of carboxylic acids is 1. The molecule has 5 heteroatoms. The van der Waals surface area contributed by atoms with Crippen LogP contribution in [0.3, 0.4) is 0 Å². The number of nitriles is 1. The van der Waals surface area contributed by atoms with E-state index >= 15 is 0 Å². The SMILES string of the molecule is N#CCC(N)c1ccsc1C(=O)O. The maximum absolute atomic E-state index is 10.7. The number of aromatic carboxylic acids is 1. The van der Waals surface area contributed by atoms with E-state index in [4.69, 9.17) is 16.1 Å². The summed E-state index contributed by atoms with van der Waals surface area (Å²) in [5, 5.41) is 18.8. The second-order valence-electron chi connectivity index (χ2n) is 2.48. The minimum absolute atomic E-state index is 0.136. The van der Waals surface area contributed by atoms with Crippen molar-refractivity contribution < 1.29 is 9.90 Å². The van der Waals surface area contributed by atoms with Crippen LogP contribution in [0.15, 0.2) is 11.4 Å². The van der Waals surface area contributed by atoms with Crippen LogP contribution in [0.2, 0.25) is 0 Å². The predicted molar refractivity (Wildman–Crippen MR) is 48.4 cm³/mol. The van der Waals surface area contributed by atoms with Gasteiger partial charge in [-0.25, -0.2) is 4.79 Å². The van der Waals surface area contributed by atoms with Gasteiger partial charge in [0.1, 0.15) is 4.88 Å². The van der Waals surface area contributed by atoms with Crippen LogP contribution in [-0.2, 0) is 0 Å². The van der Waals surface area contributed by atoms with E-state index in [9.17, 15) is 4.79 Å². The molecule has 13 heavy (non-hydrogen) atoms. The topological polar surface area (TPSA) is 87.1 Å². The molecule has 1 aromatic rings. The average Bonchev–Trinajstić information content (AvgIpc) is 2.52. The van der Waals surface area contributed by atoms with Gasteiger partial charge in [0.05, 0.1) is 12.5 Å². The number of thiophene rings is 1. The van der Waals surface area contributed by atoms with Crippen molar-refractivity contribution in [1.82, 2.24) is 0 Å². The Morgan fingerprint density at radius 1 is 1.85 bits per heavy atom. The Morgan fingerprint density at radius 2 is 2.54 bits per heavy atom. The molecule has 0 saturated carbocycles. The van der Waals surface area contributed by atoms with E-state index in [1.807, 2.05) is 6.07 Å². The first-order chi connectivity index (χ1) is 6.16. The fraction of sp³-hybridized carbons (Fsp3) is 0.250. The van der Waals surface area contributed by atoms with E-state index in [-0.39, 0.29) is 11.3 Å². The minimum Gasteiger partial charge on any atom is -0.477 e. The molecule has 0 aromatic carbocycles. The van der Waals surface area contributed by atoms with Gasteiger partial charge in [0.2, 0.25) is 0 Å². The Balaban J connectivity index is 2.94. The van der Waals surface area contributed by atoms with Gasteiger partial charge in [-0.2, -0.15) is 5.26 Å². The Hall–Kier alpha value is -1.38. The van der Waals surface area contributed by atoms with Crippen LogP contribution in [0.5, 0.6) is 0 Å². The standard InChI is InChI=1S/C8H8N2O2S/c9-3-1-6(10)5-2-4-13-7(5)8(11)12/h2,4,6H,1,10H2,(H,11,12). The molecule has 1 aromatic heterocycles. The maximum atomic E-state index is 10.7. The molecule has 0 aliphatic rings. The van der Waals surface area contributed by atoms with Crippen molar-refractivity contribution >= 4 is 17.3 Å². The van der Waals surface area contributed by atoms with E-state index in [2.05, 4.69) is 0 Å². The molecule has 0 radical (unpaired) electrons. The smallest absolute Gasteiger partial charge is 0.346 e. The highest BCUT2D eigenvalue weighted by molar-refractivity contribution is 7.12. The summed E-state index contributed by atoms with van der Waals surface area (Å²) in [6.45, 7) is 0. The fourth-order valence-corrected chi connectivity index (χ4v) is 1.80. The average molecular weight is 196 g/mol. The van der Waals surface area contributed by atoms with Crippen molar-refractivity contribution in [2.24, 2.45) is 5.73 Å². The van der Waals surface area contributed by atoms with Crippen LogP contribution >= 0.6 is 11.3 Å². The summed E-state index contributed by atoms with van der Waals surface area (Å²) in [6.07, 6.45) is 0.136. The van der Waals surface area contributed by atoms with Crippen molar-refractivity contribution in [3.8, 4) is 6.07 Å². The zero-order chi connectivity index (χ0) is 9.84. The quantitative estimate of drug-likeness (QED) is 0.764. The molecule has 1 heterocycles. The molecule has 0 spiro atoms. The zero-order valence-corrected chi connectivity index (χ0v) is 7.54. The summed E-state index contributed by atoms with van der Waals surface area (Å²) in [5.74, 6) is -0.988. The number of nitrogens with two attached hydrogens (primary N) is 1. The van der Waals surface area contributed by atoms with E-state index in [0.717, 1.165) is 11.3 Å². The van der Waals surface area contributed by atoms with Crippen LogP contribution in [0.1, 0.15) is 27.7 Å². The normalized spacial score (nSPS) is 12.0. The Morgan fingerprint density at radius 3 is 3.08 bits per heavy atom. The first kappa shape index (κ1) is 9.71. The van der Waals surface area contributed by atoms with Crippen molar-refractivity contribution in [2.75, 3.05) is 0 Å². The van der Waals surface area contributed by atoms with E-state index in [1.165, 1.54) is 0 Å². The summed E-state index contributed by atoms with van der Waals surface area (Å²) in [6, 6.07) is 3.06. The summed E-state index contributed by atoms with van der Waals surface area (Å²) >= 11 is 1.12. The van der Waals surface area contributed by atoms with Crippen molar-refractivity contribution in [2.45, 2.75) is 12.5 Å². The maximum Gasteiger partial charge on any atom is 0.346 e. The third kappa shape index (κ3) is 2.05. The van der Waals surface area contributed by atoms with E-state index < -0.39 is 12.0 Å². The number of rotatable bonds is 3. The Labute approximate surface area is 79.2 Å². The molecule has 0 fully saturated rings. The molecule has 1 rings (SSSR count). The molecule has 68 valence electrons. The predicted octanol–water partition coefficient (Wildman–Crippen LogP) is 1.36. The highest BCUT2D eigenvalue weighted by Gasteiger charge is 2.16. The van der Waals surface area contributed by atoms with Gasteiger partial charge in [0.25, 0.3) is 0 Å². The lowest BCUT2D eigenvalue weighted by atomic mass is 10.1. The largest absolute Gasteiger partial charge is 0.477 e. The van der Waals surface area contributed by atoms with Crippen LogP contribution in [0, 0.1) is 11.3 Å². The highest BCUT2D eigenvalue weighted by Crippen LogP contribution is 2.23. The van der Waals surface area contributed by atoms with Gasteiger partial charge in [-0.3, -0.25) is 0 Å². The summed E-state index contributed by atoms with van der Waals surface area (Å²) < 4.78 is 0. The molecule has 4 nitrogen and oxygen atoms in total. The van der Waals surface area contributed by atoms with Gasteiger partial charge in [-0.1, -0.05) is 0 Å². The minimum atomic E-state index is -0.988. The second kappa shape index (κ2) is 4.03.